The normalized spacial score (nSPS) is 21.6. The first-order valence-corrected chi connectivity index (χ1v) is 8.53. The molecular formula is C18H25N3O4. The maximum Gasteiger partial charge on any atom is 0.417 e. The van der Waals surface area contributed by atoms with Crippen molar-refractivity contribution in [2.24, 2.45) is 0 Å². The molecule has 2 atom stereocenters. The van der Waals surface area contributed by atoms with Gasteiger partial charge in [-0.15, -0.1) is 0 Å². The van der Waals surface area contributed by atoms with Crippen LogP contribution >= 0.6 is 0 Å². The lowest BCUT2D eigenvalue weighted by Gasteiger charge is -2.45. The van der Waals surface area contributed by atoms with E-state index in [4.69, 9.17) is 9.15 Å². The molecule has 0 aliphatic carbocycles. The molecule has 0 spiro atoms. The molecular weight excluding hydrogens is 322 g/mol. The first kappa shape index (κ1) is 17.4. The second-order valence-corrected chi connectivity index (χ2v) is 7.69. The third kappa shape index (κ3) is 3.65. The van der Waals surface area contributed by atoms with Gasteiger partial charge in [0.2, 0.25) is 0 Å². The summed E-state index contributed by atoms with van der Waals surface area (Å²) in [6.45, 7) is 11.0. The number of ether oxygens (including phenoxy) is 1. The number of oxazole rings is 1. The predicted molar refractivity (Wildman–Crippen MR) is 96.0 cm³/mol. The van der Waals surface area contributed by atoms with Gasteiger partial charge in [0, 0.05) is 24.8 Å². The topological polar surface area (TPSA) is 78.8 Å². The number of fused-ring (bicyclic) bond motifs is 1. The Morgan fingerprint density at radius 2 is 1.88 bits per heavy atom. The number of aromatic nitrogens is 1. The van der Waals surface area contributed by atoms with Crippen LogP contribution in [0, 0.1) is 0 Å². The first-order valence-electron chi connectivity index (χ1n) is 8.53. The van der Waals surface area contributed by atoms with Gasteiger partial charge in [-0.05, 0) is 46.8 Å². The minimum atomic E-state index is -0.509. The van der Waals surface area contributed by atoms with E-state index in [-0.39, 0.29) is 18.2 Å². The van der Waals surface area contributed by atoms with Crippen LogP contribution in [0.1, 0.15) is 34.6 Å². The third-order valence-electron chi connectivity index (χ3n) is 4.29. The van der Waals surface area contributed by atoms with Gasteiger partial charge in [-0.25, -0.2) is 9.59 Å². The van der Waals surface area contributed by atoms with E-state index in [1.807, 2.05) is 52.8 Å². The fourth-order valence-corrected chi connectivity index (χ4v) is 3.34. The van der Waals surface area contributed by atoms with Crippen LogP contribution in [0.2, 0.25) is 0 Å². The number of carbonyl (C=O) groups is 1. The van der Waals surface area contributed by atoms with Crippen LogP contribution in [-0.2, 0) is 4.74 Å². The molecule has 1 fully saturated rings. The number of aromatic amines is 1. The van der Waals surface area contributed by atoms with E-state index in [0.29, 0.717) is 24.2 Å². The Kier molecular flexibility index (Phi) is 4.26. The monoisotopic (exact) mass is 347 g/mol. The number of anilines is 1. The van der Waals surface area contributed by atoms with Crippen molar-refractivity contribution in [3.63, 3.8) is 0 Å². The highest BCUT2D eigenvalue weighted by atomic mass is 16.6. The lowest BCUT2D eigenvalue weighted by molar-refractivity contribution is 0.00566. The van der Waals surface area contributed by atoms with Crippen molar-refractivity contribution in [3.8, 4) is 0 Å². The van der Waals surface area contributed by atoms with Crippen molar-refractivity contribution in [3.05, 3.63) is 28.7 Å². The number of piperazine rings is 1. The molecule has 136 valence electrons. The third-order valence-corrected chi connectivity index (χ3v) is 4.29. The van der Waals surface area contributed by atoms with E-state index >= 15 is 0 Å². The fourth-order valence-electron chi connectivity index (χ4n) is 3.34. The molecule has 0 bridgehead atoms. The average molecular weight is 347 g/mol. The Morgan fingerprint density at radius 3 is 2.48 bits per heavy atom. The molecule has 3 rings (SSSR count). The maximum absolute atomic E-state index is 12.5. The van der Waals surface area contributed by atoms with Gasteiger partial charge in [0.05, 0.1) is 17.6 Å². The molecule has 0 radical (unpaired) electrons. The lowest BCUT2D eigenvalue weighted by atomic mass is 10.1. The van der Waals surface area contributed by atoms with E-state index < -0.39 is 11.4 Å². The molecule has 1 N–H and O–H groups in total. The summed E-state index contributed by atoms with van der Waals surface area (Å²) in [5, 5.41) is 0. The zero-order chi connectivity index (χ0) is 18.4. The molecule has 2 unspecified atom stereocenters. The summed E-state index contributed by atoms with van der Waals surface area (Å²) in [5.74, 6) is -0.455. The zero-order valence-electron chi connectivity index (χ0n) is 15.3. The average Bonchev–Trinajstić information content (AvgIpc) is 2.83. The minimum absolute atomic E-state index is 0.00697. The Balaban J connectivity index is 1.78. The predicted octanol–water partition coefficient (Wildman–Crippen LogP) is 2.96. The summed E-state index contributed by atoms with van der Waals surface area (Å²) in [6.07, 6.45) is -0.278. The molecule has 0 saturated carbocycles. The molecule has 2 heterocycles. The largest absolute Gasteiger partial charge is 0.444 e. The number of rotatable bonds is 1. The molecule has 1 amide bonds. The number of amides is 1. The Bertz CT molecular complexity index is 821. The number of hydrogen-bond donors (Lipinski definition) is 1. The van der Waals surface area contributed by atoms with Crippen LogP contribution in [0.15, 0.2) is 27.4 Å². The highest BCUT2D eigenvalue weighted by Crippen LogP contribution is 2.26. The number of benzene rings is 1. The minimum Gasteiger partial charge on any atom is -0.444 e. The number of H-pyrrole nitrogens is 1. The number of nitrogens with zero attached hydrogens (tertiary/aromatic N) is 2. The molecule has 7 heteroatoms. The van der Waals surface area contributed by atoms with E-state index in [9.17, 15) is 9.59 Å². The molecule has 25 heavy (non-hydrogen) atoms. The van der Waals surface area contributed by atoms with E-state index in [1.165, 1.54) is 0 Å². The smallest absolute Gasteiger partial charge is 0.417 e. The van der Waals surface area contributed by atoms with Crippen molar-refractivity contribution < 1.29 is 13.9 Å². The van der Waals surface area contributed by atoms with Gasteiger partial charge in [-0.1, -0.05) is 0 Å². The maximum atomic E-state index is 12.5. The van der Waals surface area contributed by atoms with Crippen LogP contribution in [0.5, 0.6) is 0 Å². The molecule has 1 aromatic heterocycles. The second-order valence-electron chi connectivity index (χ2n) is 7.69. The molecule has 2 aromatic rings. The van der Waals surface area contributed by atoms with Crippen molar-refractivity contribution in [1.29, 1.82) is 0 Å². The number of hydrogen-bond acceptors (Lipinski definition) is 5. The fraction of sp³-hybridized carbons (Fsp3) is 0.556. The van der Waals surface area contributed by atoms with Crippen LogP contribution in [0.25, 0.3) is 11.1 Å². The number of carbonyl (C=O) groups excluding carboxylic acids is 1. The van der Waals surface area contributed by atoms with E-state index in [0.717, 1.165) is 5.69 Å². The molecule has 1 aliphatic heterocycles. The summed E-state index contributed by atoms with van der Waals surface area (Å²) in [6, 6.07) is 5.66. The van der Waals surface area contributed by atoms with Gasteiger partial charge in [0.1, 0.15) is 5.60 Å². The van der Waals surface area contributed by atoms with Crippen molar-refractivity contribution in [2.45, 2.75) is 52.3 Å². The standard InChI is InChI=1S/C18H25N3O4/c1-11-9-20(10-12(2)21(11)17(23)25-18(3,4)5)13-6-7-14-15(8-13)24-16(22)19-14/h6-8,11-12H,9-10H2,1-5H3,(H,19,22). The summed E-state index contributed by atoms with van der Waals surface area (Å²) in [4.78, 5) is 30.4. The molecule has 1 aromatic carbocycles. The van der Waals surface area contributed by atoms with Crippen molar-refractivity contribution >= 4 is 22.9 Å². The zero-order valence-corrected chi connectivity index (χ0v) is 15.3. The van der Waals surface area contributed by atoms with Gasteiger partial charge in [0.15, 0.2) is 5.58 Å². The van der Waals surface area contributed by atoms with Gasteiger partial charge in [0.25, 0.3) is 0 Å². The Morgan fingerprint density at radius 1 is 1.24 bits per heavy atom. The highest BCUT2D eigenvalue weighted by molar-refractivity contribution is 5.77. The molecule has 7 nitrogen and oxygen atoms in total. The van der Waals surface area contributed by atoms with Gasteiger partial charge < -0.3 is 14.1 Å². The van der Waals surface area contributed by atoms with Gasteiger partial charge in [-0.2, -0.15) is 0 Å². The van der Waals surface area contributed by atoms with Crippen LogP contribution in [-0.4, -0.2) is 46.8 Å². The van der Waals surface area contributed by atoms with Gasteiger partial charge >= 0.3 is 11.8 Å². The summed E-state index contributed by atoms with van der Waals surface area (Å²) in [5.41, 5.74) is 1.68. The van der Waals surface area contributed by atoms with Crippen LogP contribution in [0.3, 0.4) is 0 Å². The van der Waals surface area contributed by atoms with E-state index in [1.54, 1.807) is 4.90 Å². The Labute approximate surface area is 146 Å². The summed E-state index contributed by atoms with van der Waals surface area (Å²) >= 11 is 0. The SMILES string of the molecule is CC1CN(c2ccc3[nH]c(=O)oc3c2)CC(C)N1C(=O)OC(C)(C)C. The lowest BCUT2D eigenvalue weighted by Crippen LogP contribution is -2.59. The second kappa shape index (κ2) is 6.13. The van der Waals surface area contributed by atoms with Crippen LogP contribution < -0.4 is 10.7 Å². The van der Waals surface area contributed by atoms with E-state index in [2.05, 4.69) is 9.88 Å². The van der Waals surface area contributed by atoms with Gasteiger partial charge in [-0.3, -0.25) is 9.88 Å². The first-order chi connectivity index (χ1) is 11.6. The number of nitrogens with one attached hydrogen (secondary N) is 1. The van der Waals surface area contributed by atoms with Crippen molar-refractivity contribution in [1.82, 2.24) is 9.88 Å². The Hall–Kier alpha value is -2.44. The highest BCUT2D eigenvalue weighted by Gasteiger charge is 2.35. The van der Waals surface area contributed by atoms with Crippen molar-refractivity contribution in [2.75, 3.05) is 18.0 Å². The summed E-state index contributed by atoms with van der Waals surface area (Å²) < 4.78 is 10.7. The summed E-state index contributed by atoms with van der Waals surface area (Å²) in [7, 11) is 0. The van der Waals surface area contributed by atoms with Crippen LogP contribution in [0.4, 0.5) is 10.5 Å². The quantitative estimate of drug-likeness (QED) is 0.858. The molecule has 1 saturated heterocycles. The molecule has 1 aliphatic rings.